The maximum absolute atomic E-state index is 13.5. The van der Waals surface area contributed by atoms with E-state index in [2.05, 4.69) is 47.9 Å². The highest BCUT2D eigenvalue weighted by molar-refractivity contribution is 9.10. The van der Waals surface area contributed by atoms with E-state index in [9.17, 15) is 4.79 Å². The van der Waals surface area contributed by atoms with Crippen molar-refractivity contribution in [1.82, 2.24) is 0 Å². The first kappa shape index (κ1) is 26.5. The minimum absolute atomic E-state index is 0.158. The van der Waals surface area contributed by atoms with Crippen molar-refractivity contribution in [2.24, 2.45) is 16.3 Å². The summed E-state index contributed by atoms with van der Waals surface area (Å²) in [5, 5.41) is 4.35. The maximum atomic E-state index is 13.5. The number of amides is 1. The molecule has 186 valence electrons. The van der Waals surface area contributed by atoms with Crippen LogP contribution in [0.25, 0.3) is 0 Å². The molecule has 7 heteroatoms. The number of rotatable bonds is 6. The summed E-state index contributed by atoms with van der Waals surface area (Å²) in [6.45, 7) is 7.02. The Morgan fingerprint density at radius 3 is 2.75 bits per heavy atom. The van der Waals surface area contributed by atoms with Gasteiger partial charge in [0.05, 0.1) is 5.56 Å². The molecule has 3 aromatic rings. The molecule has 0 saturated heterocycles. The van der Waals surface area contributed by atoms with Crippen molar-refractivity contribution in [1.29, 1.82) is 0 Å². The van der Waals surface area contributed by atoms with Gasteiger partial charge in [0, 0.05) is 31.8 Å². The molecule has 0 aliphatic heterocycles. The van der Waals surface area contributed by atoms with Crippen molar-refractivity contribution < 1.29 is 9.53 Å². The minimum Gasteiger partial charge on any atom is -0.480 e. The number of nitrogens with one attached hydrogen (secondary N) is 1. The van der Waals surface area contributed by atoms with Crippen LogP contribution in [0.5, 0.6) is 5.75 Å². The van der Waals surface area contributed by atoms with Crippen LogP contribution in [0.15, 0.2) is 51.9 Å². The summed E-state index contributed by atoms with van der Waals surface area (Å²) >= 11 is 11.1. The Kier molecular flexibility index (Phi) is 8.24. The molecular formula is C29H28BrClN2O2S. The van der Waals surface area contributed by atoms with Crippen molar-refractivity contribution in [3.05, 3.63) is 73.5 Å². The standard InChI is InChI=1S/C29H28BrClN2O2S/c1-5-14-35-24-13-7-20(30)15-18(24)17-32-28-26(27(34)33-22-10-8-21(31)9-11-22)23-12-6-19(29(2,3)4)16-25(23)36-28/h1,7-11,13,15,17,19H,6,12,14,16H2,2-4H3,(H,33,34)/t19-/m0/s1. The lowest BCUT2D eigenvalue weighted by atomic mass is 9.72. The average Bonchev–Trinajstić information content (AvgIpc) is 3.21. The van der Waals surface area contributed by atoms with Crippen molar-refractivity contribution in [2.45, 2.75) is 40.0 Å². The zero-order chi connectivity index (χ0) is 25.9. The molecule has 1 aliphatic rings. The van der Waals surface area contributed by atoms with Crippen LogP contribution in [0, 0.1) is 23.7 Å². The fourth-order valence-electron chi connectivity index (χ4n) is 4.36. The van der Waals surface area contributed by atoms with Gasteiger partial charge in [0.15, 0.2) is 0 Å². The normalized spacial score (nSPS) is 15.4. The van der Waals surface area contributed by atoms with Crippen molar-refractivity contribution in [3.63, 3.8) is 0 Å². The van der Waals surface area contributed by atoms with Crippen LogP contribution >= 0.6 is 38.9 Å². The van der Waals surface area contributed by atoms with E-state index in [0.717, 1.165) is 34.9 Å². The topological polar surface area (TPSA) is 50.7 Å². The third-order valence-corrected chi connectivity index (χ3v) is 8.31. The fraction of sp³-hybridized carbons (Fsp3) is 0.310. The maximum Gasteiger partial charge on any atom is 0.259 e. The minimum atomic E-state index is -0.158. The van der Waals surface area contributed by atoms with Gasteiger partial charge < -0.3 is 10.1 Å². The summed E-state index contributed by atoms with van der Waals surface area (Å²) in [5.41, 5.74) is 3.44. The van der Waals surface area contributed by atoms with Gasteiger partial charge in [0.2, 0.25) is 0 Å². The Bertz CT molecular complexity index is 1330. The molecule has 1 atom stereocenters. The van der Waals surface area contributed by atoms with Crippen molar-refractivity contribution in [3.8, 4) is 18.1 Å². The first-order valence-electron chi connectivity index (χ1n) is 11.8. The zero-order valence-electron chi connectivity index (χ0n) is 20.5. The Morgan fingerprint density at radius 2 is 2.06 bits per heavy atom. The molecule has 0 bridgehead atoms. The van der Waals surface area contributed by atoms with Crippen molar-refractivity contribution >= 4 is 61.7 Å². The van der Waals surface area contributed by atoms with Crippen LogP contribution in [0.1, 0.15) is 53.6 Å². The fourth-order valence-corrected chi connectivity index (χ4v) is 6.14. The molecule has 4 rings (SSSR count). The molecule has 2 aromatic carbocycles. The third kappa shape index (κ3) is 6.21. The van der Waals surface area contributed by atoms with Crippen LogP contribution in [0.2, 0.25) is 5.02 Å². The van der Waals surface area contributed by atoms with Gasteiger partial charge in [-0.3, -0.25) is 4.79 Å². The van der Waals surface area contributed by atoms with Gasteiger partial charge in [0.25, 0.3) is 5.91 Å². The second-order valence-corrected chi connectivity index (χ2v) is 12.3. The third-order valence-electron chi connectivity index (χ3n) is 6.40. The summed E-state index contributed by atoms with van der Waals surface area (Å²) in [6, 6.07) is 12.8. The van der Waals surface area contributed by atoms with Crippen LogP contribution in [-0.2, 0) is 12.8 Å². The monoisotopic (exact) mass is 582 g/mol. The first-order valence-corrected chi connectivity index (χ1v) is 13.8. The van der Waals surface area contributed by atoms with E-state index >= 15 is 0 Å². The number of nitrogens with zero attached hydrogens (tertiary/aromatic N) is 1. The lowest BCUT2D eigenvalue weighted by Gasteiger charge is -2.33. The van der Waals surface area contributed by atoms with Gasteiger partial charge in [-0.25, -0.2) is 4.99 Å². The second kappa shape index (κ2) is 11.2. The predicted molar refractivity (Wildman–Crippen MR) is 154 cm³/mol. The molecule has 0 radical (unpaired) electrons. The van der Waals surface area contributed by atoms with Gasteiger partial charge in [0.1, 0.15) is 17.4 Å². The number of benzene rings is 2. The zero-order valence-corrected chi connectivity index (χ0v) is 23.7. The summed E-state index contributed by atoms with van der Waals surface area (Å²) in [7, 11) is 0. The average molecular weight is 584 g/mol. The molecule has 0 unspecified atom stereocenters. The van der Waals surface area contributed by atoms with E-state index in [1.165, 1.54) is 4.88 Å². The van der Waals surface area contributed by atoms with E-state index in [1.807, 2.05) is 18.2 Å². The summed E-state index contributed by atoms with van der Waals surface area (Å²) in [5.74, 6) is 3.53. The van der Waals surface area contributed by atoms with Gasteiger partial charge in [-0.2, -0.15) is 0 Å². The summed E-state index contributed by atoms with van der Waals surface area (Å²) in [6.07, 6.45) is 9.98. The highest BCUT2D eigenvalue weighted by Gasteiger charge is 2.33. The van der Waals surface area contributed by atoms with E-state index in [0.29, 0.717) is 32.9 Å². The number of hydrogen-bond acceptors (Lipinski definition) is 4. The van der Waals surface area contributed by atoms with Gasteiger partial charge >= 0.3 is 0 Å². The molecule has 36 heavy (non-hydrogen) atoms. The number of carbonyl (C=O) groups is 1. The summed E-state index contributed by atoms with van der Waals surface area (Å²) in [4.78, 5) is 19.6. The molecular weight excluding hydrogens is 556 g/mol. The number of halogens is 2. The largest absolute Gasteiger partial charge is 0.480 e. The lowest BCUT2D eigenvalue weighted by molar-refractivity contribution is 0.102. The number of carbonyl (C=O) groups excluding carboxylic acids is 1. The number of ether oxygens (including phenoxy) is 1. The van der Waals surface area contributed by atoms with Crippen LogP contribution in [0.3, 0.4) is 0 Å². The molecule has 1 aromatic heterocycles. The first-order chi connectivity index (χ1) is 17.2. The van der Waals surface area contributed by atoms with Crippen molar-refractivity contribution in [2.75, 3.05) is 11.9 Å². The number of terminal acetylenes is 1. The number of anilines is 1. The Balaban J connectivity index is 1.72. The Morgan fingerprint density at radius 1 is 1.31 bits per heavy atom. The number of hydrogen-bond donors (Lipinski definition) is 1. The van der Waals surface area contributed by atoms with Gasteiger partial charge in [-0.15, -0.1) is 17.8 Å². The van der Waals surface area contributed by atoms with Crippen LogP contribution < -0.4 is 10.1 Å². The number of aliphatic imine (C=N–C) groups is 1. The molecule has 1 heterocycles. The number of thiophene rings is 1. The van der Waals surface area contributed by atoms with Crippen LogP contribution in [0.4, 0.5) is 10.7 Å². The lowest BCUT2D eigenvalue weighted by Crippen LogP contribution is -2.27. The molecule has 0 saturated carbocycles. The predicted octanol–water partition coefficient (Wildman–Crippen LogP) is 8.33. The molecule has 0 fully saturated rings. The second-order valence-electron chi connectivity index (χ2n) is 9.88. The van der Waals surface area contributed by atoms with E-state index < -0.39 is 0 Å². The summed E-state index contributed by atoms with van der Waals surface area (Å²) < 4.78 is 6.59. The van der Waals surface area contributed by atoms with E-state index in [1.54, 1.807) is 41.8 Å². The smallest absolute Gasteiger partial charge is 0.259 e. The van der Waals surface area contributed by atoms with E-state index in [-0.39, 0.29) is 17.9 Å². The Hall–Kier alpha value is -2.59. The van der Waals surface area contributed by atoms with Crippen LogP contribution in [-0.4, -0.2) is 18.7 Å². The SMILES string of the molecule is C#CCOc1ccc(Br)cc1C=Nc1sc2c(c1C(=O)Nc1ccc(Cl)cc1)CC[C@H](C(C)(C)C)C2. The number of fused-ring (bicyclic) bond motifs is 1. The molecule has 1 amide bonds. The molecule has 1 N–H and O–H groups in total. The van der Waals surface area contributed by atoms with Gasteiger partial charge in [-0.1, -0.05) is 54.2 Å². The Labute approximate surface area is 230 Å². The molecule has 4 nitrogen and oxygen atoms in total. The molecule has 0 spiro atoms. The highest BCUT2D eigenvalue weighted by atomic mass is 79.9. The van der Waals surface area contributed by atoms with Gasteiger partial charge in [-0.05, 0) is 78.6 Å². The van der Waals surface area contributed by atoms with E-state index in [4.69, 9.17) is 27.8 Å². The highest BCUT2D eigenvalue weighted by Crippen LogP contribution is 2.45. The quantitative estimate of drug-likeness (QED) is 0.234. The molecule has 1 aliphatic carbocycles.